The van der Waals surface area contributed by atoms with Gasteiger partial charge in [0.1, 0.15) is 11.4 Å². The third kappa shape index (κ3) is 3.67. The number of pyridine rings is 1. The molecule has 0 radical (unpaired) electrons. The number of amides is 1. The first-order valence-electron chi connectivity index (χ1n) is 10.2. The van der Waals surface area contributed by atoms with E-state index in [1.54, 1.807) is 16.8 Å². The van der Waals surface area contributed by atoms with Gasteiger partial charge in [0, 0.05) is 28.9 Å². The van der Waals surface area contributed by atoms with Crippen molar-refractivity contribution in [2.24, 2.45) is 0 Å². The third-order valence-electron chi connectivity index (χ3n) is 5.80. The van der Waals surface area contributed by atoms with Gasteiger partial charge in [0.05, 0.1) is 23.1 Å². The van der Waals surface area contributed by atoms with Crippen molar-refractivity contribution in [3.63, 3.8) is 0 Å². The summed E-state index contributed by atoms with van der Waals surface area (Å²) >= 11 is 12.6. The quantitative estimate of drug-likeness (QED) is 0.400. The molecule has 1 aliphatic heterocycles. The van der Waals surface area contributed by atoms with Crippen LogP contribution in [0.3, 0.4) is 0 Å². The van der Waals surface area contributed by atoms with Gasteiger partial charge < -0.3 is 14.8 Å². The number of halogens is 3. The molecule has 1 aromatic heterocycles. The lowest BCUT2D eigenvalue weighted by Gasteiger charge is -2.51. The maximum Gasteiger partial charge on any atom is 0.258 e. The van der Waals surface area contributed by atoms with E-state index >= 15 is 0 Å². The number of carbonyl (C=O) groups excluding carboxylic acids is 1. The van der Waals surface area contributed by atoms with Crippen LogP contribution in [-0.2, 0) is 10.3 Å². The second-order valence-electron chi connectivity index (χ2n) is 8.25. The Kier molecular flexibility index (Phi) is 5.77. The summed E-state index contributed by atoms with van der Waals surface area (Å²) in [5.74, 6) is -0.792. The molecule has 0 atom stereocenters. The number of fused-ring (bicyclic) bond motifs is 1. The van der Waals surface area contributed by atoms with E-state index in [1.165, 1.54) is 23.1 Å². The maximum absolute atomic E-state index is 15.0. The average Bonchev–Trinajstić information content (AvgIpc) is 2.74. The molecule has 166 valence electrons. The number of aromatic nitrogens is 1. The summed E-state index contributed by atoms with van der Waals surface area (Å²) in [5, 5.41) is 4.98. The average molecular weight is 474 g/mol. The van der Waals surface area contributed by atoms with E-state index in [9.17, 15) is 14.0 Å². The lowest BCUT2D eigenvalue weighted by molar-refractivity contribution is -0.132. The highest BCUT2D eigenvalue weighted by Gasteiger charge is 2.49. The molecule has 1 saturated heterocycles. The highest BCUT2D eigenvalue weighted by Crippen LogP contribution is 2.43. The van der Waals surface area contributed by atoms with E-state index in [-0.39, 0.29) is 46.2 Å². The Balaban J connectivity index is 1.81. The van der Waals surface area contributed by atoms with Gasteiger partial charge >= 0.3 is 0 Å². The predicted octanol–water partition coefficient (Wildman–Crippen LogP) is 5.36. The molecular formula is C24H22Cl2FN3O2. The smallest absolute Gasteiger partial charge is 0.258 e. The Morgan fingerprint density at radius 3 is 2.59 bits per heavy atom. The molecule has 0 aliphatic carbocycles. The van der Waals surface area contributed by atoms with Gasteiger partial charge in [-0.2, -0.15) is 0 Å². The Morgan fingerprint density at radius 2 is 1.94 bits per heavy atom. The number of benzene rings is 2. The van der Waals surface area contributed by atoms with E-state index in [0.717, 1.165) is 5.39 Å². The number of hydrogen-bond acceptors (Lipinski definition) is 3. The van der Waals surface area contributed by atoms with Crippen LogP contribution < -0.4 is 10.9 Å². The van der Waals surface area contributed by atoms with Crippen molar-refractivity contribution >= 4 is 45.6 Å². The zero-order valence-corrected chi connectivity index (χ0v) is 19.2. The molecule has 0 spiro atoms. The summed E-state index contributed by atoms with van der Waals surface area (Å²) in [6.07, 6.45) is 2.99. The van der Waals surface area contributed by atoms with Crippen molar-refractivity contribution < 1.29 is 9.18 Å². The summed E-state index contributed by atoms with van der Waals surface area (Å²) < 4.78 is 16.6. The molecular weight excluding hydrogens is 452 g/mol. The Bertz CT molecular complexity index is 1300. The molecule has 8 heteroatoms. The molecule has 1 N–H and O–H groups in total. The Hall–Kier alpha value is -2.83. The van der Waals surface area contributed by atoms with Crippen LogP contribution in [0.4, 0.5) is 10.1 Å². The monoisotopic (exact) mass is 473 g/mol. The van der Waals surface area contributed by atoms with Crippen molar-refractivity contribution in [1.29, 1.82) is 0 Å². The van der Waals surface area contributed by atoms with E-state index in [4.69, 9.17) is 23.2 Å². The van der Waals surface area contributed by atoms with Gasteiger partial charge in [-0.25, -0.2) is 4.39 Å². The third-order valence-corrected chi connectivity index (χ3v) is 6.61. The molecule has 4 rings (SSSR count). The second kappa shape index (κ2) is 8.26. The van der Waals surface area contributed by atoms with Gasteiger partial charge in [0.25, 0.3) is 5.56 Å². The molecule has 1 aliphatic rings. The van der Waals surface area contributed by atoms with Crippen LogP contribution in [0, 0.1) is 5.82 Å². The number of carbonyl (C=O) groups is 1. The standard InChI is InChI=1S/C24H22Cl2FN3O2/c1-4-20(31)29-12-24(13-29,21-19(27)8-7-18(25)22(21)26)28-16-6-5-15-9-10-30(14(2)3)23(32)17(15)11-16/h4-11,14,28H,1,12-13H2,2-3H3. The first kappa shape index (κ1) is 22.4. The van der Waals surface area contributed by atoms with E-state index in [2.05, 4.69) is 11.9 Å². The summed E-state index contributed by atoms with van der Waals surface area (Å²) in [4.78, 5) is 26.6. The molecule has 2 aromatic carbocycles. The van der Waals surface area contributed by atoms with Crippen LogP contribution in [0.1, 0.15) is 25.5 Å². The molecule has 32 heavy (non-hydrogen) atoms. The van der Waals surface area contributed by atoms with Crippen LogP contribution in [0.15, 0.2) is 60.0 Å². The zero-order chi connectivity index (χ0) is 23.2. The highest BCUT2D eigenvalue weighted by molar-refractivity contribution is 6.42. The fraction of sp³-hybridized carbons (Fsp3) is 0.250. The number of hydrogen-bond donors (Lipinski definition) is 1. The predicted molar refractivity (Wildman–Crippen MR) is 127 cm³/mol. The lowest BCUT2D eigenvalue weighted by atomic mass is 9.81. The van der Waals surface area contributed by atoms with Crippen molar-refractivity contribution in [1.82, 2.24) is 9.47 Å². The van der Waals surface area contributed by atoms with Gasteiger partial charge in [-0.1, -0.05) is 35.8 Å². The highest BCUT2D eigenvalue weighted by atomic mass is 35.5. The number of anilines is 1. The van der Waals surface area contributed by atoms with Gasteiger partial charge in [-0.3, -0.25) is 9.59 Å². The minimum atomic E-state index is -1.01. The van der Waals surface area contributed by atoms with Crippen LogP contribution in [-0.4, -0.2) is 28.5 Å². The van der Waals surface area contributed by atoms with Crippen molar-refractivity contribution in [2.45, 2.75) is 25.4 Å². The number of nitrogens with zero attached hydrogens (tertiary/aromatic N) is 2. The van der Waals surface area contributed by atoms with Crippen LogP contribution >= 0.6 is 23.2 Å². The molecule has 0 unspecified atom stereocenters. The molecule has 0 bridgehead atoms. The van der Waals surface area contributed by atoms with Gasteiger partial charge in [-0.15, -0.1) is 0 Å². The second-order valence-corrected chi connectivity index (χ2v) is 9.03. The van der Waals surface area contributed by atoms with Gasteiger partial charge in [0.2, 0.25) is 5.91 Å². The summed E-state index contributed by atoms with van der Waals surface area (Å²) in [5.41, 5.74) is -0.325. The molecule has 0 saturated carbocycles. The van der Waals surface area contributed by atoms with Crippen LogP contribution in [0.2, 0.25) is 10.0 Å². The van der Waals surface area contributed by atoms with Crippen molar-refractivity contribution in [2.75, 3.05) is 18.4 Å². The van der Waals surface area contributed by atoms with E-state index in [1.807, 2.05) is 32.0 Å². The van der Waals surface area contributed by atoms with Crippen LogP contribution in [0.25, 0.3) is 10.8 Å². The number of rotatable bonds is 5. The Morgan fingerprint density at radius 1 is 1.22 bits per heavy atom. The largest absolute Gasteiger partial charge is 0.372 e. The fourth-order valence-corrected chi connectivity index (χ4v) is 4.66. The molecule has 5 nitrogen and oxygen atoms in total. The lowest BCUT2D eigenvalue weighted by Crippen LogP contribution is -2.65. The van der Waals surface area contributed by atoms with Crippen molar-refractivity contribution in [3.05, 3.63) is 87.0 Å². The zero-order valence-electron chi connectivity index (χ0n) is 17.7. The SMILES string of the molecule is C=CC(=O)N1CC(Nc2ccc3ccn(C(C)C)c(=O)c3c2)(c2c(F)ccc(Cl)c2Cl)C1. The fourth-order valence-electron chi connectivity index (χ4n) is 4.17. The Labute approximate surface area is 195 Å². The maximum atomic E-state index is 15.0. The molecule has 3 aromatic rings. The normalized spacial score (nSPS) is 15.0. The first-order chi connectivity index (χ1) is 15.2. The topological polar surface area (TPSA) is 54.3 Å². The van der Waals surface area contributed by atoms with Gasteiger partial charge in [-0.05, 0) is 55.6 Å². The molecule has 1 amide bonds. The van der Waals surface area contributed by atoms with Crippen molar-refractivity contribution in [3.8, 4) is 0 Å². The molecule has 1 fully saturated rings. The minimum Gasteiger partial charge on any atom is -0.372 e. The number of nitrogens with one attached hydrogen (secondary N) is 1. The summed E-state index contributed by atoms with van der Waals surface area (Å²) in [7, 11) is 0. The van der Waals surface area contributed by atoms with Crippen LogP contribution in [0.5, 0.6) is 0 Å². The molecule has 2 heterocycles. The van der Waals surface area contributed by atoms with E-state index < -0.39 is 11.4 Å². The van der Waals surface area contributed by atoms with Gasteiger partial charge in [0.15, 0.2) is 0 Å². The summed E-state index contributed by atoms with van der Waals surface area (Å²) in [6.45, 7) is 7.72. The summed E-state index contributed by atoms with van der Waals surface area (Å²) in [6, 6.07) is 9.94. The number of likely N-dealkylation sites (tertiary alicyclic amines) is 1. The first-order valence-corrected chi connectivity index (χ1v) is 10.9. The van der Waals surface area contributed by atoms with E-state index in [0.29, 0.717) is 11.1 Å². The minimum absolute atomic E-state index is 0.0133.